The number of hydrogen-bond acceptors (Lipinski definition) is 1. The predicted molar refractivity (Wildman–Crippen MR) is 62.5 cm³/mol. The maximum absolute atomic E-state index is 10.6. The SMILES string of the molecule is C[C@@](O)(c1ccccc1)[C@H]1C=CCCC1. The van der Waals surface area contributed by atoms with Crippen molar-refractivity contribution < 1.29 is 5.11 Å². The van der Waals surface area contributed by atoms with E-state index in [1.165, 1.54) is 6.42 Å². The summed E-state index contributed by atoms with van der Waals surface area (Å²) in [5.41, 5.74) is 0.291. The molecule has 0 radical (unpaired) electrons. The summed E-state index contributed by atoms with van der Waals surface area (Å²) in [6.45, 7) is 1.92. The minimum Gasteiger partial charge on any atom is -0.385 e. The largest absolute Gasteiger partial charge is 0.385 e. The Balaban J connectivity index is 2.26. The van der Waals surface area contributed by atoms with E-state index in [1.807, 2.05) is 37.3 Å². The Labute approximate surface area is 91.4 Å². The van der Waals surface area contributed by atoms with Crippen LogP contribution < -0.4 is 0 Å². The van der Waals surface area contributed by atoms with Crippen LogP contribution in [0.3, 0.4) is 0 Å². The molecule has 0 aromatic heterocycles. The van der Waals surface area contributed by atoms with Crippen molar-refractivity contribution in [3.05, 3.63) is 48.0 Å². The quantitative estimate of drug-likeness (QED) is 0.730. The molecule has 1 heteroatoms. The number of rotatable bonds is 2. The summed E-state index contributed by atoms with van der Waals surface area (Å²) in [6, 6.07) is 9.95. The van der Waals surface area contributed by atoms with E-state index in [0.717, 1.165) is 18.4 Å². The Hall–Kier alpha value is -1.08. The summed E-state index contributed by atoms with van der Waals surface area (Å²) < 4.78 is 0. The van der Waals surface area contributed by atoms with Gasteiger partial charge in [0, 0.05) is 5.92 Å². The highest BCUT2D eigenvalue weighted by Crippen LogP contribution is 2.35. The fourth-order valence-corrected chi connectivity index (χ4v) is 2.27. The van der Waals surface area contributed by atoms with E-state index in [0.29, 0.717) is 0 Å². The fourth-order valence-electron chi connectivity index (χ4n) is 2.27. The van der Waals surface area contributed by atoms with Crippen LogP contribution in [-0.2, 0) is 5.60 Å². The molecule has 1 aromatic rings. The topological polar surface area (TPSA) is 20.2 Å². The average Bonchev–Trinajstić information content (AvgIpc) is 2.31. The molecule has 0 spiro atoms. The number of allylic oxidation sites excluding steroid dienone is 1. The van der Waals surface area contributed by atoms with Crippen molar-refractivity contribution >= 4 is 0 Å². The van der Waals surface area contributed by atoms with E-state index >= 15 is 0 Å². The summed E-state index contributed by atoms with van der Waals surface area (Å²) >= 11 is 0. The Kier molecular flexibility index (Phi) is 2.92. The van der Waals surface area contributed by atoms with Gasteiger partial charge in [-0.15, -0.1) is 0 Å². The van der Waals surface area contributed by atoms with Crippen molar-refractivity contribution in [2.45, 2.75) is 31.8 Å². The molecule has 0 bridgehead atoms. The fraction of sp³-hybridized carbons (Fsp3) is 0.429. The second kappa shape index (κ2) is 4.19. The molecule has 1 aliphatic rings. The van der Waals surface area contributed by atoms with Gasteiger partial charge in [0.2, 0.25) is 0 Å². The van der Waals surface area contributed by atoms with Gasteiger partial charge in [0.05, 0.1) is 5.60 Å². The van der Waals surface area contributed by atoms with Gasteiger partial charge >= 0.3 is 0 Å². The Morgan fingerprint density at radius 1 is 1.27 bits per heavy atom. The van der Waals surface area contributed by atoms with Gasteiger partial charge < -0.3 is 5.11 Å². The van der Waals surface area contributed by atoms with Crippen LogP contribution in [-0.4, -0.2) is 5.11 Å². The molecule has 0 aliphatic heterocycles. The first kappa shape index (κ1) is 10.4. The van der Waals surface area contributed by atoms with E-state index in [2.05, 4.69) is 12.2 Å². The predicted octanol–water partition coefficient (Wildman–Crippen LogP) is 3.25. The lowest BCUT2D eigenvalue weighted by atomic mass is 9.78. The van der Waals surface area contributed by atoms with Crippen molar-refractivity contribution in [3.8, 4) is 0 Å². The molecule has 1 nitrogen and oxygen atoms in total. The molecule has 80 valence electrons. The van der Waals surface area contributed by atoms with Gasteiger partial charge in [-0.3, -0.25) is 0 Å². The number of benzene rings is 1. The van der Waals surface area contributed by atoms with E-state index in [-0.39, 0.29) is 5.92 Å². The normalized spacial score (nSPS) is 24.8. The molecule has 0 unspecified atom stereocenters. The average molecular weight is 202 g/mol. The zero-order valence-corrected chi connectivity index (χ0v) is 9.19. The molecule has 15 heavy (non-hydrogen) atoms. The zero-order valence-electron chi connectivity index (χ0n) is 9.19. The van der Waals surface area contributed by atoms with Gasteiger partial charge in [-0.25, -0.2) is 0 Å². The second-order valence-corrected chi connectivity index (χ2v) is 4.48. The summed E-state index contributed by atoms with van der Waals surface area (Å²) in [6.07, 6.45) is 7.77. The summed E-state index contributed by atoms with van der Waals surface area (Å²) in [7, 11) is 0. The van der Waals surface area contributed by atoms with Gasteiger partial charge in [-0.05, 0) is 31.7 Å². The van der Waals surface area contributed by atoms with Crippen molar-refractivity contribution in [1.82, 2.24) is 0 Å². The lowest BCUT2D eigenvalue weighted by Gasteiger charge is -2.33. The van der Waals surface area contributed by atoms with Crippen LogP contribution in [0.1, 0.15) is 31.7 Å². The Bertz CT molecular complexity index is 338. The third kappa shape index (κ3) is 2.13. The highest BCUT2D eigenvalue weighted by Gasteiger charge is 2.32. The van der Waals surface area contributed by atoms with Crippen LogP contribution in [0, 0.1) is 5.92 Å². The van der Waals surface area contributed by atoms with E-state index in [1.54, 1.807) is 0 Å². The molecular weight excluding hydrogens is 184 g/mol. The standard InChI is InChI=1S/C14H18O/c1-14(15,12-8-4-2-5-9-12)13-10-6-3-7-11-13/h2,4-6,8-10,13,15H,3,7,11H2,1H3/t13-,14+/m0/s1. The molecule has 0 saturated carbocycles. The van der Waals surface area contributed by atoms with Crippen LogP contribution in [0.2, 0.25) is 0 Å². The van der Waals surface area contributed by atoms with E-state index in [4.69, 9.17) is 0 Å². The molecule has 1 N–H and O–H groups in total. The summed E-state index contributed by atoms with van der Waals surface area (Å²) in [4.78, 5) is 0. The molecule has 0 amide bonds. The molecule has 0 saturated heterocycles. The van der Waals surface area contributed by atoms with Gasteiger partial charge in [0.15, 0.2) is 0 Å². The maximum Gasteiger partial charge on any atom is 0.0930 e. The smallest absolute Gasteiger partial charge is 0.0930 e. The third-order valence-corrected chi connectivity index (χ3v) is 3.33. The lowest BCUT2D eigenvalue weighted by molar-refractivity contribution is 0.00800. The lowest BCUT2D eigenvalue weighted by Crippen LogP contribution is -2.31. The third-order valence-electron chi connectivity index (χ3n) is 3.33. The zero-order chi connectivity index (χ0) is 10.7. The van der Waals surface area contributed by atoms with Crippen LogP contribution in [0.5, 0.6) is 0 Å². The summed E-state index contributed by atoms with van der Waals surface area (Å²) in [5, 5.41) is 10.6. The van der Waals surface area contributed by atoms with E-state index in [9.17, 15) is 5.11 Å². The molecule has 2 rings (SSSR count). The number of aliphatic hydroxyl groups is 1. The first-order chi connectivity index (χ1) is 7.21. The molecule has 1 aromatic carbocycles. The van der Waals surface area contributed by atoms with Gasteiger partial charge in [0.1, 0.15) is 0 Å². The Morgan fingerprint density at radius 2 is 2.00 bits per heavy atom. The summed E-state index contributed by atoms with van der Waals surface area (Å²) in [5.74, 6) is 0.258. The van der Waals surface area contributed by atoms with Crippen LogP contribution in [0.25, 0.3) is 0 Å². The minimum atomic E-state index is -0.724. The number of hydrogen-bond donors (Lipinski definition) is 1. The van der Waals surface area contributed by atoms with Crippen molar-refractivity contribution in [3.63, 3.8) is 0 Å². The maximum atomic E-state index is 10.6. The molecule has 1 aliphatic carbocycles. The van der Waals surface area contributed by atoms with Crippen molar-refractivity contribution in [2.75, 3.05) is 0 Å². The minimum absolute atomic E-state index is 0.258. The van der Waals surface area contributed by atoms with Gasteiger partial charge in [-0.1, -0.05) is 42.5 Å². The highest BCUT2D eigenvalue weighted by molar-refractivity contribution is 5.24. The molecule has 2 atom stereocenters. The van der Waals surface area contributed by atoms with Crippen LogP contribution in [0.15, 0.2) is 42.5 Å². The van der Waals surface area contributed by atoms with Crippen LogP contribution >= 0.6 is 0 Å². The van der Waals surface area contributed by atoms with E-state index < -0.39 is 5.60 Å². The monoisotopic (exact) mass is 202 g/mol. The van der Waals surface area contributed by atoms with Crippen molar-refractivity contribution in [1.29, 1.82) is 0 Å². The second-order valence-electron chi connectivity index (χ2n) is 4.48. The van der Waals surface area contributed by atoms with Crippen molar-refractivity contribution in [2.24, 2.45) is 5.92 Å². The Morgan fingerprint density at radius 3 is 2.60 bits per heavy atom. The van der Waals surface area contributed by atoms with Crippen LogP contribution in [0.4, 0.5) is 0 Å². The van der Waals surface area contributed by atoms with Gasteiger partial charge in [0.25, 0.3) is 0 Å². The highest BCUT2D eigenvalue weighted by atomic mass is 16.3. The first-order valence-electron chi connectivity index (χ1n) is 5.66. The molecule has 0 fully saturated rings. The van der Waals surface area contributed by atoms with Gasteiger partial charge in [-0.2, -0.15) is 0 Å². The first-order valence-corrected chi connectivity index (χ1v) is 5.66. The molecule has 0 heterocycles. The molecular formula is C14H18O.